The van der Waals surface area contributed by atoms with Crippen LogP contribution in [0.4, 0.5) is 24.5 Å². The lowest BCUT2D eigenvalue weighted by molar-refractivity contribution is -0.141. The van der Waals surface area contributed by atoms with Gasteiger partial charge in [0.05, 0.1) is 17.6 Å². The normalized spacial score (nSPS) is 18.5. The summed E-state index contributed by atoms with van der Waals surface area (Å²) in [5.74, 6) is 0.502. The van der Waals surface area contributed by atoms with Gasteiger partial charge in [-0.05, 0) is 31.7 Å². The topological polar surface area (TPSA) is 50.9 Å². The highest BCUT2D eigenvalue weighted by atomic mass is 19.4. The summed E-state index contributed by atoms with van der Waals surface area (Å²) < 4.78 is 37.8. The first-order chi connectivity index (χ1) is 8.88. The SMILES string of the molecule is CC(Nc1cc(C(F)(F)F)ncc1N)C1CCCC1. The van der Waals surface area contributed by atoms with E-state index in [4.69, 9.17) is 5.73 Å². The number of rotatable bonds is 3. The van der Waals surface area contributed by atoms with Crippen LogP contribution in [0.1, 0.15) is 38.3 Å². The van der Waals surface area contributed by atoms with Crippen LogP contribution in [0, 0.1) is 5.92 Å². The second-order valence-corrected chi connectivity index (χ2v) is 5.13. The molecule has 0 aromatic carbocycles. The zero-order chi connectivity index (χ0) is 14.0. The average molecular weight is 273 g/mol. The van der Waals surface area contributed by atoms with Crippen LogP contribution in [0.15, 0.2) is 12.3 Å². The van der Waals surface area contributed by atoms with Crippen LogP contribution in [0.25, 0.3) is 0 Å². The summed E-state index contributed by atoms with van der Waals surface area (Å²) in [6.45, 7) is 1.99. The van der Waals surface area contributed by atoms with Gasteiger partial charge in [0.2, 0.25) is 0 Å². The number of alkyl halides is 3. The minimum atomic E-state index is -4.44. The Morgan fingerprint density at radius 3 is 2.58 bits per heavy atom. The Kier molecular flexibility index (Phi) is 3.87. The smallest absolute Gasteiger partial charge is 0.396 e. The van der Waals surface area contributed by atoms with Crippen molar-refractivity contribution in [1.82, 2.24) is 4.98 Å². The lowest BCUT2D eigenvalue weighted by Crippen LogP contribution is -2.24. The molecular formula is C13H18F3N3. The molecule has 2 rings (SSSR count). The number of nitrogens with two attached hydrogens (primary N) is 1. The first-order valence-corrected chi connectivity index (χ1v) is 6.47. The summed E-state index contributed by atoms with van der Waals surface area (Å²) in [6.07, 6.45) is 1.23. The number of anilines is 2. The summed E-state index contributed by atoms with van der Waals surface area (Å²) >= 11 is 0. The zero-order valence-electron chi connectivity index (χ0n) is 10.8. The van der Waals surface area contributed by atoms with Gasteiger partial charge in [0, 0.05) is 6.04 Å². The van der Waals surface area contributed by atoms with Crippen molar-refractivity contribution in [2.24, 2.45) is 5.92 Å². The minimum Gasteiger partial charge on any atom is -0.396 e. The molecule has 1 unspecified atom stereocenters. The highest BCUT2D eigenvalue weighted by molar-refractivity contribution is 5.65. The predicted molar refractivity (Wildman–Crippen MR) is 68.7 cm³/mol. The maximum Gasteiger partial charge on any atom is 0.433 e. The van der Waals surface area contributed by atoms with Gasteiger partial charge in [0.1, 0.15) is 5.69 Å². The molecule has 1 atom stereocenters. The number of hydrogen-bond donors (Lipinski definition) is 2. The molecule has 1 aromatic rings. The molecule has 1 aliphatic rings. The molecule has 1 saturated carbocycles. The molecule has 0 aliphatic heterocycles. The Hall–Kier alpha value is -1.46. The number of halogens is 3. The monoisotopic (exact) mass is 273 g/mol. The number of aromatic nitrogens is 1. The van der Waals surface area contributed by atoms with Gasteiger partial charge in [-0.25, -0.2) is 4.98 Å². The molecule has 1 fully saturated rings. The zero-order valence-corrected chi connectivity index (χ0v) is 10.8. The van der Waals surface area contributed by atoms with Crippen LogP contribution in [-0.4, -0.2) is 11.0 Å². The van der Waals surface area contributed by atoms with Crippen molar-refractivity contribution in [3.63, 3.8) is 0 Å². The highest BCUT2D eigenvalue weighted by Crippen LogP contribution is 2.33. The first kappa shape index (κ1) is 14.0. The van der Waals surface area contributed by atoms with Crippen molar-refractivity contribution < 1.29 is 13.2 Å². The number of pyridine rings is 1. The summed E-state index contributed by atoms with van der Waals surface area (Å²) in [6, 6.07) is 1.11. The van der Waals surface area contributed by atoms with E-state index in [-0.39, 0.29) is 11.7 Å². The van der Waals surface area contributed by atoms with Gasteiger partial charge in [0.15, 0.2) is 0 Å². The van der Waals surface area contributed by atoms with Crippen LogP contribution in [0.3, 0.4) is 0 Å². The van der Waals surface area contributed by atoms with E-state index in [0.29, 0.717) is 11.6 Å². The standard InChI is InChI=1S/C13H18F3N3/c1-8(9-4-2-3-5-9)19-11-6-12(13(14,15)16)18-7-10(11)17/h6-9H,2-5,17H2,1H3,(H,18,19). The lowest BCUT2D eigenvalue weighted by atomic mass is 9.99. The van der Waals surface area contributed by atoms with E-state index in [1.165, 1.54) is 12.8 Å². The van der Waals surface area contributed by atoms with Crippen molar-refractivity contribution >= 4 is 11.4 Å². The molecule has 0 bridgehead atoms. The average Bonchev–Trinajstić information content (AvgIpc) is 2.84. The second kappa shape index (κ2) is 5.27. The van der Waals surface area contributed by atoms with Crippen LogP contribution in [-0.2, 0) is 6.18 Å². The Morgan fingerprint density at radius 2 is 2.00 bits per heavy atom. The molecule has 0 amide bonds. The van der Waals surface area contributed by atoms with E-state index in [1.54, 1.807) is 0 Å². The van der Waals surface area contributed by atoms with Gasteiger partial charge in [0.25, 0.3) is 0 Å². The van der Waals surface area contributed by atoms with Gasteiger partial charge in [-0.3, -0.25) is 0 Å². The van der Waals surface area contributed by atoms with E-state index in [9.17, 15) is 13.2 Å². The van der Waals surface area contributed by atoms with Crippen LogP contribution in [0.2, 0.25) is 0 Å². The Labute approximate surface area is 110 Å². The van der Waals surface area contributed by atoms with E-state index in [1.807, 2.05) is 6.92 Å². The number of nitrogens with one attached hydrogen (secondary N) is 1. The molecule has 1 aliphatic carbocycles. The largest absolute Gasteiger partial charge is 0.433 e. The van der Waals surface area contributed by atoms with E-state index >= 15 is 0 Å². The molecule has 19 heavy (non-hydrogen) atoms. The number of nitrogens with zero attached hydrogens (tertiary/aromatic N) is 1. The van der Waals surface area contributed by atoms with Gasteiger partial charge >= 0.3 is 6.18 Å². The van der Waals surface area contributed by atoms with Crippen molar-refractivity contribution in [1.29, 1.82) is 0 Å². The summed E-state index contributed by atoms with van der Waals surface area (Å²) in [5.41, 5.74) is 5.34. The molecular weight excluding hydrogens is 255 g/mol. The lowest BCUT2D eigenvalue weighted by Gasteiger charge is -2.23. The van der Waals surface area contributed by atoms with E-state index < -0.39 is 11.9 Å². The third-order valence-corrected chi connectivity index (χ3v) is 3.72. The van der Waals surface area contributed by atoms with Gasteiger partial charge < -0.3 is 11.1 Å². The Bertz CT molecular complexity index is 439. The Balaban J connectivity index is 2.14. The van der Waals surface area contributed by atoms with Crippen molar-refractivity contribution in [3.8, 4) is 0 Å². The number of hydrogen-bond acceptors (Lipinski definition) is 3. The van der Waals surface area contributed by atoms with Gasteiger partial charge in [-0.15, -0.1) is 0 Å². The molecule has 3 nitrogen and oxygen atoms in total. The quantitative estimate of drug-likeness (QED) is 0.883. The highest BCUT2D eigenvalue weighted by Gasteiger charge is 2.33. The van der Waals surface area contributed by atoms with Crippen molar-refractivity contribution in [3.05, 3.63) is 18.0 Å². The van der Waals surface area contributed by atoms with Crippen molar-refractivity contribution in [2.45, 2.75) is 44.8 Å². The fourth-order valence-electron chi connectivity index (χ4n) is 2.57. The summed E-state index contributed by atoms with van der Waals surface area (Å²) in [4.78, 5) is 3.33. The fraction of sp³-hybridized carbons (Fsp3) is 0.615. The maximum atomic E-state index is 12.6. The molecule has 0 saturated heterocycles. The maximum absolute atomic E-state index is 12.6. The number of nitrogen functional groups attached to an aromatic ring is 1. The van der Waals surface area contributed by atoms with E-state index in [2.05, 4.69) is 10.3 Å². The minimum absolute atomic E-state index is 0.119. The van der Waals surface area contributed by atoms with E-state index in [0.717, 1.165) is 25.1 Å². The Morgan fingerprint density at radius 1 is 1.37 bits per heavy atom. The fourth-order valence-corrected chi connectivity index (χ4v) is 2.57. The summed E-state index contributed by atoms with van der Waals surface area (Å²) in [5, 5.41) is 3.10. The third-order valence-electron chi connectivity index (χ3n) is 3.72. The van der Waals surface area contributed by atoms with Crippen molar-refractivity contribution in [2.75, 3.05) is 11.1 Å². The molecule has 1 aromatic heterocycles. The second-order valence-electron chi connectivity index (χ2n) is 5.13. The molecule has 3 N–H and O–H groups in total. The van der Waals surface area contributed by atoms with Crippen LogP contribution >= 0.6 is 0 Å². The predicted octanol–water partition coefficient (Wildman–Crippen LogP) is 3.67. The molecule has 6 heteroatoms. The summed E-state index contributed by atoms with van der Waals surface area (Å²) in [7, 11) is 0. The first-order valence-electron chi connectivity index (χ1n) is 6.47. The molecule has 106 valence electrons. The van der Waals surface area contributed by atoms with Crippen LogP contribution < -0.4 is 11.1 Å². The van der Waals surface area contributed by atoms with Gasteiger partial charge in [-0.1, -0.05) is 12.8 Å². The van der Waals surface area contributed by atoms with Crippen LogP contribution in [0.5, 0.6) is 0 Å². The van der Waals surface area contributed by atoms with Gasteiger partial charge in [-0.2, -0.15) is 13.2 Å². The molecule has 0 radical (unpaired) electrons. The molecule has 1 heterocycles. The third kappa shape index (κ3) is 3.30. The molecule has 0 spiro atoms.